The van der Waals surface area contributed by atoms with Gasteiger partial charge in [0.1, 0.15) is 31.1 Å². The summed E-state index contributed by atoms with van der Waals surface area (Å²) in [5.41, 5.74) is 3.04. The molecule has 40 heavy (non-hydrogen) atoms. The first-order chi connectivity index (χ1) is 19.4. The maximum Gasteiger partial charge on any atom is 0.414 e. The van der Waals surface area contributed by atoms with Crippen LogP contribution in [0.25, 0.3) is 0 Å². The van der Waals surface area contributed by atoms with Gasteiger partial charge in [-0.1, -0.05) is 30.4 Å². The van der Waals surface area contributed by atoms with Gasteiger partial charge in [0.2, 0.25) is 0 Å². The van der Waals surface area contributed by atoms with Crippen molar-refractivity contribution < 1.29 is 23.9 Å². The van der Waals surface area contributed by atoms with Gasteiger partial charge in [-0.2, -0.15) is 5.26 Å². The smallest absolute Gasteiger partial charge is 0.414 e. The van der Waals surface area contributed by atoms with Crippen molar-refractivity contribution in [3.63, 3.8) is 0 Å². The minimum absolute atomic E-state index is 0.0409. The van der Waals surface area contributed by atoms with Crippen LogP contribution >= 0.6 is 0 Å². The molecule has 1 aliphatic carbocycles. The van der Waals surface area contributed by atoms with Crippen molar-refractivity contribution in [2.45, 2.75) is 26.3 Å². The molecule has 3 aliphatic rings. The summed E-state index contributed by atoms with van der Waals surface area (Å²) in [4.78, 5) is 48.2. The molecule has 206 valence electrons. The summed E-state index contributed by atoms with van der Waals surface area (Å²) in [6.07, 6.45) is 9.17. The first kappa shape index (κ1) is 26.9. The lowest BCUT2D eigenvalue weighted by atomic mass is 10.0. The normalized spacial score (nSPS) is 20.3. The number of nitrogens with zero attached hydrogens (tertiary/aromatic N) is 5. The van der Waals surface area contributed by atoms with Gasteiger partial charge in [-0.25, -0.2) is 9.78 Å². The van der Waals surface area contributed by atoms with Gasteiger partial charge in [0, 0.05) is 38.1 Å². The molecule has 0 N–H and O–H groups in total. The number of benzene rings is 1. The maximum atomic E-state index is 13.4. The number of rotatable bonds is 6. The quantitative estimate of drug-likeness (QED) is 0.510. The van der Waals surface area contributed by atoms with Gasteiger partial charge in [0.15, 0.2) is 0 Å². The molecule has 0 radical (unpaired) electrons. The molecule has 3 heterocycles. The Bertz CT molecular complexity index is 1420. The van der Waals surface area contributed by atoms with Crippen LogP contribution in [0.15, 0.2) is 54.8 Å². The van der Waals surface area contributed by atoms with Crippen LogP contribution in [0.4, 0.5) is 16.3 Å². The Balaban J connectivity index is 1.25. The fourth-order valence-corrected chi connectivity index (χ4v) is 5.23. The number of aromatic nitrogens is 1. The zero-order chi connectivity index (χ0) is 28.2. The lowest BCUT2D eigenvalue weighted by Gasteiger charge is -2.36. The first-order valence-corrected chi connectivity index (χ1v) is 13.3. The van der Waals surface area contributed by atoms with E-state index in [0.717, 1.165) is 16.9 Å². The minimum atomic E-state index is -0.597. The SMILES string of the molecule is Cc1cnc(N2CCN(C(=O)c3ccc(N4C(=O)OCC4COC(=O)C4C=CC=CC4)cc3C#N)CC2)c(C)c1. The second-order valence-electron chi connectivity index (χ2n) is 10.2. The lowest BCUT2D eigenvalue weighted by Crippen LogP contribution is -2.49. The molecule has 5 rings (SSSR count). The van der Waals surface area contributed by atoms with Crippen LogP contribution in [0.1, 0.15) is 33.5 Å². The van der Waals surface area contributed by atoms with E-state index in [1.54, 1.807) is 29.2 Å². The number of carbonyl (C=O) groups is 3. The number of anilines is 2. The Morgan fingerprint density at radius 2 is 1.95 bits per heavy atom. The number of amides is 2. The molecule has 2 fully saturated rings. The summed E-state index contributed by atoms with van der Waals surface area (Å²) >= 11 is 0. The second-order valence-corrected chi connectivity index (χ2v) is 10.2. The fraction of sp³-hybridized carbons (Fsp3) is 0.367. The lowest BCUT2D eigenvalue weighted by molar-refractivity contribution is -0.147. The molecule has 10 nitrogen and oxygen atoms in total. The molecular formula is C30H31N5O5. The van der Waals surface area contributed by atoms with E-state index in [1.807, 2.05) is 32.2 Å². The largest absolute Gasteiger partial charge is 0.463 e. The zero-order valence-electron chi connectivity index (χ0n) is 22.6. The van der Waals surface area contributed by atoms with E-state index in [9.17, 15) is 19.6 Å². The highest BCUT2D eigenvalue weighted by Gasteiger charge is 2.36. The van der Waals surface area contributed by atoms with Gasteiger partial charge >= 0.3 is 12.1 Å². The molecule has 2 atom stereocenters. The average Bonchev–Trinajstić information content (AvgIpc) is 3.35. The molecule has 10 heteroatoms. The summed E-state index contributed by atoms with van der Waals surface area (Å²) in [6.45, 7) is 6.31. The van der Waals surface area contributed by atoms with Crippen LogP contribution in [-0.2, 0) is 14.3 Å². The van der Waals surface area contributed by atoms with Crippen LogP contribution in [0, 0.1) is 31.1 Å². The number of carbonyl (C=O) groups excluding carboxylic acids is 3. The van der Waals surface area contributed by atoms with Crippen LogP contribution in [0.2, 0.25) is 0 Å². The van der Waals surface area contributed by atoms with E-state index in [1.165, 1.54) is 11.0 Å². The minimum Gasteiger partial charge on any atom is -0.463 e. The maximum absolute atomic E-state index is 13.4. The van der Waals surface area contributed by atoms with Crippen molar-refractivity contribution in [1.82, 2.24) is 9.88 Å². The summed E-state index contributed by atoms with van der Waals surface area (Å²) in [7, 11) is 0. The number of cyclic esters (lactones) is 1. The summed E-state index contributed by atoms with van der Waals surface area (Å²) in [5, 5.41) is 9.88. The molecule has 0 saturated carbocycles. The zero-order valence-corrected chi connectivity index (χ0v) is 22.6. The molecule has 1 aromatic heterocycles. The van der Waals surface area contributed by atoms with Gasteiger partial charge < -0.3 is 19.3 Å². The highest BCUT2D eigenvalue weighted by atomic mass is 16.6. The van der Waals surface area contributed by atoms with Crippen LogP contribution in [0.3, 0.4) is 0 Å². The van der Waals surface area contributed by atoms with Gasteiger partial charge in [-0.15, -0.1) is 0 Å². The van der Waals surface area contributed by atoms with Crippen molar-refractivity contribution in [1.29, 1.82) is 5.26 Å². The predicted octanol–water partition coefficient (Wildman–Crippen LogP) is 3.53. The van der Waals surface area contributed by atoms with Crippen molar-refractivity contribution in [3.8, 4) is 6.07 Å². The molecular weight excluding hydrogens is 510 g/mol. The van der Waals surface area contributed by atoms with E-state index < -0.39 is 12.1 Å². The number of hydrogen-bond donors (Lipinski definition) is 0. The van der Waals surface area contributed by atoms with Crippen LogP contribution in [0.5, 0.6) is 0 Å². The second kappa shape index (κ2) is 11.6. The Labute approximate surface area is 233 Å². The van der Waals surface area contributed by atoms with Crippen molar-refractivity contribution in [2.75, 3.05) is 49.2 Å². The number of hydrogen-bond acceptors (Lipinski definition) is 8. The monoisotopic (exact) mass is 541 g/mol. The Kier molecular flexibility index (Phi) is 7.82. The van der Waals surface area contributed by atoms with E-state index >= 15 is 0 Å². The van der Waals surface area contributed by atoms with E-state index in [-0.39, 0.29) is 42.1 Å². The predicted molar refractivity (Wildman–Crippen MR) is 148 cm³/mol. The van der Waals surface area contributed by atoms with Crippen LogP contribution < -0.4 is 9.80 Å². The molecule has 2 unspecified atom stereocenters. The standard InChI is InChI=1S/C30H31N5O5/c1-20-14-21(2)27(32-17-20)33-10-12-34(13-11-33)28(36)26-9-8-24(15-23(26)16-31)35-25(19-40-30(35)38)18-39-29(37)22-6-4-3-5-7-22/h3-6,8-9,14-15,17,22,25H,7,10-13,18-19H2,1-2H3. The van der Waals surface area contributed by atoms with Crippen LogP contribution in [-0.4, -0.2) is 73.3 Å². The number of allylic oxidation sites excluding steroid dienone is 3. The highest BCUT2D eigenvalue weighted by Crippen LogP contribution is 2.28. The number of esters is 1. The van der Waals surface area contributed by atoms with Crippen molar-refractivity contribution in [2.24, 2.45) is 5.92 Å². The number of nitriles is 1. The molecule has 0 bridgehead atoms. The highest BCUT2D eigenvalue weighted by molar-refractivity contribution is 5.98. The molecule has 1 aromatic carbocycles. The number of pyridine rings is 1. The van der Waals surface area contributed by atoms with Gasteiger partial charge in [0.05, 0.1) is 17.0 Å². The Morgan fingerprint density at radius 3 is 2.65 bits per heavy atom. The molecule has 2 aromatic rings. The summed E-state index contributed by atoms with van der Waals surface area (Å²) in [5.74, 6) is -0.0390. The Hall–Kier alpha value is -4.65. The average molecular weight is 542 g/mol. The molecule has 2 aliphatic heterocycles. The third-order valence-electron chi connectivity index (χ3n) is 7.35. The van der Waals surface area contributed by atoms with Crippen molar-refractivity contribution in [3.05, 3.63) is 77.0 Å². The number of piperazine rings is 1. The third-order valence-corrected chi connectivity index (χ3v) is 7.35. The Morgan fingerprint density at radius 1 is 1.15 bits per heavy atom. The molecule has 0 spiro atoms. The summed E-state index contributed by atoms with van der Waals surface area (Å²) < 4.78 is 10.7. The van der Waals surface area contributed by atoms with Gasteiger partial charge in [-0.3, -0.25) is 14.5 Å². The van der Waals surface area contributed by atoms with E-state index in [0.29, 0.717) is 38.3 Å². The van der Waals surface area contributed by atoms with Gasteiger partial charge in [-0.05, 0) is 49.6 Å². The number of ether oxygens (including phenoxy) is 2. The first-order valence-electron chi connectivity index (χ1n) is 13.3. The topological polar surface area (TPSA) is 116 Å². The third kappa shape index (κ3) is 5.54. The van der Waals surface area contributed by atoms with E-state index in [4.69, 9.17) is 9.47 Å². The number of aryl methyl sites for hydroxylation is 2. The van der Waals surface area contributed by atoms with Gasteiger partial charge in [0.25, 0.3) is 5.91 Å². The molecule has 2 saturated heterocycles. The summed E-state index contributed by atoms with van der Waals surface area (Å²) in [6, 6.07) is 8.37. The fourth-order valence-electron chi connectivity index (χ4n) is 5.23. The molecule has 2 amide bonds. The van der Waals surface area contributed by atoms with E-state index in [2.05, 4.69) is 22.0 Å². The van der Waals surface area contributed by atoms with Crippen molar-refractivity contribution >= 4 is 29.5 Å².